The molecule has 4 aromatic carbocycles. The second-order valence-corrected chi connectivity index (χ2v) is 10.7. The molecule has 0 atom stereocenters. The number of halogens is 1. The highest BCUT2D eigenvalue weighted by Gasteiger charge is 2.36. The molecule has 41 heavy (non-hydrogen) atoms. The van der Waals surface area contributed by atoms with Crippen molar-refractivity contribution >= 4 is 51.3 Å². The summed E-state index contributed by atoms with van der Waals surface area (Å²) >= 11 is 6.26. The van der Waals surface area contributed by atoms with E-state index in [9.17, 15) is 22.8 Å². The van der Waals surface area contributed by atoms with Gasteiger partial charge in [-0.05, 0) is 65.7 Å². The van der Waals surface area contributed by atoms with Crippen molar-refractivity contribution in [3.8, 4) is 11.5 Å². The van der Waals surface area contributed by atoms with Crippen molar-refractivity contribution in [3.63, 3.8) is 0 Å². The summed E-state index contributed by atoms with van der Waals surface area (Å²) in [6, 6.07) is 26.6. The summed E-state index contributed by atoms with van der Waals surface area (Å²) in [5, 5.41) is 2.09. The molecular weight excluding hydrogens is 568 g/mol. The Hall–Kier alpha value is -4.93. The molecule has 206 valence electrons. The first-order valence-electron chi connectivity index (χ1n) is 12.2. The lowest BCUT2D eigenvalue weighted by Gasteiger charge is -2.26. The number of ether oxygens (including phenoxy) is 1. The lowest BCUT2D eigenvalue weighted by atomic mass is 10.1. The van der Waals surface area contributed by atoms with Gasteiger partial charge in [-0.3, -0.25) is 14.9 Å². The van der Waals surface area contributed by atoms with Gasteiger partial charge < -0.3 is 8.92 Å². The van der Waals surface area contributed by atoms with Gasteiger partial charge >= 0.3 is 16.1 Å². The van der Waals surface area contributed by atoms with Crippen LogP contribution >= 0.6 is 11.6 Å². The Morgan fingerprint density at radius 2 is 1.49 bits per heavy atom. The zero-order chi connectivity index (χ0) is 29.0. The number of nitrogens with zero attached hydrogens (tertiary/aromatic N) is 1. The maximum atomic E-state index is 13.3. The van der Waals surface area contributed by atoms with Crippen LogP contribution in [0.4, 0.5) is 10.5 Å². The molecule has 1 heterocycles. The van der Waals surface area contributed by atoms with Crippen LogP contribution in [0.15, 0.2) is 114 Å². The van der Waals surface area contributed by atoms with E-state index in [1.807, 2.05) is 30.3 Å². The molecule has 9 nitrogen and oxygen atoms in total. The fraction of sp³-hybridized carbons (Fsp3) is 0.0333. The maximum absolute atomic E-state index is 13.3. The Morgan fingerprint density at radius 3 is 2.15 bits per heavy atom. The predicted octanol–water partition coefficient (Wildman–Crippen LogP) is 5.35. The van der Waals surface area contributed by atoms with Crippen molar-refractivity contribution in [1.29, 1.82) is 0 Å². The molecule has 1 aliphatic heterocycles. The van der Waals surface area contributed by atoms with Gasteiger partial charge in [0.1, 0.15) is 22.8 Å². The number of rotatable bonds is 8. The van der Waals surface area contributed by atoms with Crippen molar-refractivity contribution in [2.45, 2.75) is 11.5 Å². The van der Waals surface area contributed by atoms with Crippen molar-refractivity contribution in [2.24, 2.45) is 0 Å². The highest BCUT2D eigenvalue weighted by atomic mass is 35.5. The molecule has 0 unspecified atom stereocenters. The summed E-state index contributed by atoms with van der Waals surface area (Å²) in [6.45, 7) is 0.343. The number of hydrogen-bond acceptors (Lipinski definition) is 7. The normalized spacial score (nSPS) is 14.6. The molecule has 0 radical (unpaired) electrons. The maximum Gasteiger partial charge on any atom is 0.339 e. The largest absolute Gasteiger partial charge is 0.489 e. The highest BCUT2D eigenvalue weighted by Crippen LogP contribution is 2.30. The van der Waals surface area contributed by atoms with Crippen LogP contribution in [0, 0.1) is 0 Å². The van der Waals surface area contributed by atoms with Crippen LogP contribution in [0.2, 0.25) is 5.02 Å². The standard InChI is InChI=1S/C30H21ClN2O7S/c31-26-18-21(11-16-27(26)40-41(37,38)24-9-5-2-6-10-24)17-25-28(34)32-30(36)33(29(25)35)22-12-14-23(15-13-22)39-19-20-7-3-1-4-8-20/h1-18H,19H2,(H,32,34,36)/b25-17+. The summed E-state index contributed by atoms with van der Waals surface area (Å²) in [4.78, 5) is 39.2. The number of barbiturate groups is 1. The minimum atomic E-state index is -4.13. The molecule has 1 N–H and O–H groups in total. The molecule has 1 fully saturated rings. The Balaban J connectivity index is 1.33. The molecule has 0 aromatic heterocycles. The summed E-state index contributed by atoms with van der Waals surface area (Å²) in [6.07, 6.45) is 1.25. The second kappa shape index (κ2) is 11.7. The average molecular weight is 589 g/mol. The quantitative estimate of drug-likeness (QED) is 0.167. The lowest BCUT2D eigenvalue weighted by Crippen LogP contribution is -2.54. The molecule has 5 rings (SSSR count). The van der Waals surface area contributed by atoms with Gasteiger partial charge in [-0.15, -0.1) is 0 Å². The van der Waals surface area contributed by atoms with Crippen LogP contribution in [0.1, 0.15) is 11.1 Å². The summed E-state index contributed by atoms with van der Waals surface area (Å²) in [7, 11) is -4.13. The number of amides is 4. The Bertz CT molecular complexity index is 1760. The summed E-state index contributed by atoms with van der Waals surface area (Å²) in [5.41, 5.74) is 1.19. The number of urea groups is 1. The molecule has 11 heteroatoms. The molecule has 0 saturated carbocycles. The molecule has 4 aromatic rings. The first-order valence-corrected chi connectivity index (χ1v) is 14.0. The van der Waals surface area contributed by atoms with E-state index in [0.717, 1.165) is 10.5 Å². The number of anilines is 1. The Morgan fingerprint density at radius 1 is 0.829 bits per heavy atom. The molecule has 1 saturated heterocycles. The number of carbonyl (C=O) groups excluding carboxylic acids is 3. The Kier molecular flexibility index (Phi) is 7.86. The number of imide groups is 2. The van der Waals surface area contributed by atoms with Gasteiger partial charge in [-0.1, -0.05) is 66.2 Å². The Labute approximate surface area is 240 Å². The molecule has 0 spiro atoms. The minimum absolute atomic E-state index is 0.0488. The average Bonchev–Trinajstić information content (AvgIpc) is 2.97. The van der Waals surface area contributed by atoms with Crippen molar-refractivity contribution in [2.75, 3.05) is 4.90 Å². The van der Waals surface area contributed by atoms with E-state index in [1.165, 1.54) is 48.5 Å². The van der Waals surface area contributed by atoms with Gasteiger partial charge in [0.15, 0.2) is 5.75 Å². The van der Waals surface area contributed by atoms with E-state index in [4.69, 9.17) is 20.5 Å². The van der Waals surface area contributed by atoms with E-state index >= 15 is 0 Å². The molecule has 1 aliphatic rings. The zero-order valence-electron chi connectivity index (χ0n) is 21.2. The topological polar surface area (TPSA) is 119 Å². The second-order valence-electron chi connectivity index (χ2n) is 8.77. The molecule has 0 aliphatic carbocycles. The number of hydrogen-bond donors (Lipinski definition) is 1. The monoisotopic (exact) mass is 588 g/mol. The van der Waals surface area contributed by atoms with Crippen LogP contribution in [0.5, 0.6) is 11.5 Å². The zero-order valence-corrected chi connectivity index (χ0v) is 22.8. The van der Waals surface area contributed by atoms with E-state index < -0.39 is 28.0 Å². The van der Waals surface area contributed by atoms with E-state index in [-0.39, 0.29) is 26.9 Å². The van der Waals surface area contributed by atoms with Crippen molar-refractivity contribution in [1.82, 2.24) is 5.32 Å². The third-order valence-electron chi connectivity index (χ3n) is 5.94. The highest BCUT2D eigenvalue weighted by molar-refractivity contribution is 7.87. The summed E-state index contributed by atoms with van der Waals surface area (Å²) in [5.74, 6) is -1.34. The fourth-order valence-corrected chi connectivity index (χ4v) is 5.16. The minimum Gasteiger partial charge on any atom is -0.489 e. The first kappa shape index (κ1) is 27.6. The summed E-state index contributed by atoms with van der Waals surface area (Å²) < 4.78 is 36.0. The number of carbonyl (C=O) groups is 3. The smallest absolute Gasteiger partial charge is 0.339 e. The van der Waals surface area contributed by atoms with Crippen LogP contribution in [-0.2, 0) is 26.3 Å². The SMILES string of the molecule is O=C1NC(=O)N(c2ccc(OCc3ccccc3)cc2)C(=O)/C1=C/c1ccc(OS(=O)(=O)c2ccccc2)c(Cl)c1. The van der Waals surface area contributed by atoms with Gasteiger partial charge in [-0.2, -0.15) is 8.42 Å². The molecular formula is C30H21ClN2O7S. The number of nitrogens with one attached hydrogen (secondary N) is 1. The van der Waals surface area contributed by atoms with Crippen molar-refractivity contribution in [3.05, 3.63) is 125 Å². The van der Waals surface area contributed by atoms with Crippen LogP contribution < -0.4 is 19.1 Å². The third-order valence-corrected chi connectivity index (χ3v) is 7.49. The van der Waals surface area contributed by atoms with Crippen LogP contribution in [0.3, 0.4) is 0 Å². The van der Waals surface area contributed by atoms with Gasteiger partial charge in [0.2, 0.25) is 0 Å². The van der Waals surface area contributed by atoms with Crippen LogP contribution in [-0.4, -0.2) is 26.3 Å². The van der Waals surface area contributed by atoms with E-state index in [1.54, 1.807) is 30.3 Å². The first-order chi connectivity index (χ1) is 19.7. The van der Waals surface area contributed by atoms with Gasteiger partial charge in [-0.25, -0.2) is 9.69 Å². The fourth-order valence-electron chi connectivity index (χ4n) is 3.92. The molecule has 0 bridgehead atoms. The van der Waals surface area contributed by atoms with E-state index in [2.05, 4.69) is 5.32 Å². The van der Waals surface area contributed by atoms with Crippen LogP contribution in [0.25, 0.3) is 6.08 Å². The van der Waals surface area contributed by atoms with Crippen molar-refractivity contribution < 1.29 is 31.7 Å². The lowest BCUT2D eigenvalue weighted by molar-refractivity contribution is -0.122. The van der Waals surface area contributed by atoms with E-state index in [0.29, 0.717) is 17.9 Å². The predicted molar refractivity (Wildman–Crippen MR) is 152 cm³/mol. The van der Waals surface area contributed by atoms with Gasteiger partial charge in [0.25, 0.3) is 11.8 Å². The van der Waals surface area contributed by atoms with Gasteiger partial charge in [0.05, 0.1) is 10.7 Å². The van der Waals surface area contributed by atoms with Gasteiger partial charge in [0, 0.05) is 0 Å². The molecule has 4 amide bonds. The number of benzene rings is 4. The third kappa shape index (κ3) is 6.29.